The number of aliphatic hydroxyl groups excluding tert-OH is 1. The van der Waals surface area contributed by atoms with Crippen molar-refractivity contribution in [3.05, 3.63) is 53.6 Å². The number of aliphatic hydroxyl groups is 1. The Balaban J connectivity index is 1.46. The molecule has 2 heterocycles. The Labute approximate surface area is 183 Å². The normalized spacial score (nSPS) is 19.0. The zero-order chi connectivity index (χ0) is 22.8. The van der Waals surface area contributed by atoms with Gasteiger partial charge in [-0.15, -0.1) is 0 Å². The van der Waals surface area contributed by atoms with E-state index in [0.717, 1.165) is 5.56 Å². The van der Waals surface area contributed by atoms with Crippen molar-refractivity contribution in [2.24, 2.45) is 5.73 Å². The molecule has 0 aliphatic carbocycles. The number of hydrogen-bond donors (Lipinski definition) is 5. The van der Waals surface area contributed by atoms with Crippen molar-refractivity contribution < 1.29 is 24.2 Å². The van der Waals surface area contributed by atoms with Crippen LogP contribution in [0.1, 0.15) is 17.5 Å². The first-order valence-corrected chi connectivity index (χ1v) is 10.1. The van der Waals surface area contributed by atoms with Crippen LogP contribution in [0.2, 0.25) is 0 Å². The molecule has 0 aromatic heterocycles. The number of nitrogens with two attached hydrogens (primary N) is 1. The van der Waals surface area contributed by atoms with E-state index < -0.39 is 24.0 Å². The van der Waals surface area contributed by atoms with Crippen molar-refractivity contribution in [2.45, 2.75) is 25.0 Å². The third kappa shape index (κ3) is 4.32. The Morgan fingerprint density at radius 1 is 1.22 bits per heavy atom. The minimum atomic E-state index is -1.73. The van der Waals surface area contributed by atoms with Crippen LogP contribution in [0.5, 0.6) is 0 Å². The highest BCUT2D eigenvalue weighted by atomic mass is 16.5. The van der Waals surface area contributed by atoms with Crippen molar-refractivity contribution in [3.8, 4) is 0 Å². The molecule has 2 atom stereocenters. The van der Waals surface area contributed by atoms with Crippen LogP contribution < -0.4 is 21.3 Å². The van der Waals surface area contributed by atoms with Crippen LogP contribution >= 0.6 is 0 Å². The van der Waals surface area contributed by atoms with Gasteiger partial charge in [0, 0.05) is 35.6 Å². The summed E-state index contributed by atoms with van der Waals surface area (Å²) in [5.41, 5.74) is 8.47. The largest absolute Gasteiger partial charge is 0.384 e. The van der Waals surface area contributed by atoms with Gasteiger partial charge in [0.2, 0.25) is 5.91 Å². The zero-order valence-corrected chi connectivity index (χ0v) is 17.1. The number of nitrogen functional groups attached to an aromatic ring is 1. The van der Waals surface area contributed by atoms with Gasteiger partial charge in [0.25, 0.3) is 11.8 Å². The standard InChI is InChI=1S/C22H23N5O5/c23-20(24)13-1-5-14(6-2-13)25-21(30)18(29)19-22(31)27(9-10-32-19)15-7-3-12-4-8-17(28)26-16(12)11-15/h1-3,5-7,11,18-19,29H,4,8-10H2,(H3,23,24)(H,25,30)(H,26,28)/t18-,19?/m1/s1. The first-order chi connectivity index (χ1) is 15.3. The fourth-order valence-corrected chi connectivity index (χ4v) is 3.70. The van der Waals surface area contributed by atoms with Gasteiger partial charge in [0.05, 0.1) is 6.61 Å². The number of nitrogens with zero attached hydrogens (tertiary/aromatic N) is 1. The molecule has 2 aliphatic heterocycles. The number of amides is 3. The number of hydrogen-bond acceptors (Lipinski definition) is 6. The molecule has 2 aliphatic rings. The molecule has 4 rings (SSSR count). The maximum Gasteiger partial charge on any atom is 0.259 e. The summed E-state index contributed by atoms with van der Waals surface area (Å²) in [5, 5.41) is 23.2. The summed E-state index contributed by atoms with van der Waals surface area (Å²) in [6, 6.07) is 11.6. The number of aryl methyl sites for hydroxylation is 1. The van der Waals surface area contributed by atoms with E-state index in [2.05, 4.69) is 10.6 Å². The van der Waals surface area contributed by atoms with E-state index in [1.807, 2.05) is 6.07 Å². The topological polar surface area (TPSA) is 158 Å². The van der Waals surface area contributed by atoms with Crippen LogP contribution in [0, 0.1) is 5.41 Å². The predicted molar refractivity (Wildman–Crippen MR) is 118 cm³/mol. The maximum atomic E-state index is 13.0. The van der Waals surface area contributed by atoms with E-state index in [1.165, 1.54) is 4.90 Å². The smallest absolute Gasteiger partial charge is 0.259 e. The van der Waals surface area contributed by atoms with Crippen molar-refractivity contribution in [2.75, 3.05) is 28.7 Å². The predicted octanol–water partition coefficient (Wildman–Crippen LogP) is 0.587. The second kappa shape index (κ2) is 8.77. The van der Waals surface area contributed by atoms with Crippen LogP contribution in [0.4, 0.5) is 17.1 Å². The second-order valence-electron chi connectivity index (χ2n) is 7.60. The van der Waals surface area contributed by atoms with Gasteiger partial charge >= 0.3 is 0 Å². The molecular weight excluding hydrogens is 414 g/mol. The number of morpholine rings is 1. The van der Waals surface area contributed by atoms with E-state index in [1.54, 1.807) is 36.4 Å². The van der Waals surface area contributed by atoms with Crippen LogP contribution in [0.15, 0.2) is 42.5 Å². The maximum absolute atomic E-state index is 13.0. The van der Waals surface area contributed by atoms with Gasteiger partial charge in [-0.05, 0) is 48.4 Å². The Hall–Kier alpha value is -3.76. The lowest BCUT2D eigenvalue weighted by Gasteiger charge is -2.34. The highest BCUT2D eigenvalue weighted by Gasteiger charge is 2.39. The average Bonchev–Trinajstić information content (AvgIpc) is 2.78. The number of fused-ring (bicyclic) bond motifs is 1. The first-order valence-electron chi connectivity index (χ1n) is 10.1. The fraction of sp³-hybridized carbons (Fsp3) is 0.273. The zero-order valence-electron chi connectivity index (χ0n) is 17.1. The Kier molecular flexibility index (Phi) is 5.89. The quantitative estimate of drug-likeness (QED) is 0.340. The lowest BCUT2D eigenvalue weighted by atomic mass is 10.0. The molecule has 2 aromatic rings. The third-order valence-electron chi connectivity index (χ3n) is 5.44. The number of anilines is 3. The summed E-state index contributed by atoms with van der Waals surface area (Å²) in [7, 11) is 0. The van der Waals surface area contributed by atoms with Crippen molar-refractivity contribution in [1.29, 1.82) is 5.41 Å². The molecule has 2 aromatic carbocycles. The summed E-state index contributed by atoms with van der Waals surface area (Å²) in [6.07, 6.45) is -2.04. The van der Waals surface area contributed by atoms with Gasteiger partial charge in [-0.25, -0.2) is 0 Å². The summed E-state index contributed by atoms with van der Waals surface area (Å²) < 4.78 is 5.43. The second-order valence-corrected chi connectivity index (χ2v) is 7.60. The van der Waals surface area contributed by atoms with Gasteiger partial charge in [0.1, 0.15) is 5.84 Å². The van der Waals surface area contributed by atoms with Crippen molar-refractivity contribution in [3.63, 3.8) is 0 Å². The van der Waals surface area contributed by atoms with Crippen LogP contribution in [0.25, 0.3) is 0 Å². The van der Waals surface area contributed by atoms with E-state index in [-0.39, 0.29) is 24.9 Å². The molecule has 10 heteroatoms. The Bertz CT molecular complexity index is 1080. The van der Waals surface area contributed by atoms with Crippen LogP contribution in [-0.2, 0) is 25.5 Å². The Morgan fingerprint density at radius 3 is 2.69 bits per heavy atom. The molecule has 32 heavy (non-hydrogen) atoms. The average molecular weight is 437 g/mol. The molecule has 1 saturated heterocycles. The molecule has 0 bridgehead atoms. The van der Waals surface area contributed by atoms with Crippen molar-refractivity contribution >= 4 is 40.6 Å². The molecule has 0 radical (unpaired) electrons. The minimum absolute atomic E-state index is 0.0794. The molecule has 0 saturated carbocycles. The van der Waals surface area contributed by atoms with Crippen LogP contribution in [-0.4, -0.2) is 54.0 Å². The monoisotopic (exact) mass is 437 g/mol. The lowest BCUT2D eigenvalue weighted by molar-refractivity contribution is -0.150. The minimum Gasteiger partial charge on any atom is -0.384 e. The number of nitrogens with one attached hydrogen (secondary N) is 3. The van der Waals surface area contributed by atoms with Gasteiger partial charge < -0.3 is 31.1 Å². The summed E-state index contributed by atoms with van der Waals surface area (Å²) in [4.78, 5) is 38.7. The molecule has 3 amide bonds. The van der Waals surface area contributed by atoms with E-state index >= 15 is 0 Å². The molecule has 10 nitrogen and oxygen atoms in total. The Morgan fingerprint density at radius 2 is 1.97 bits per heavy atom. The van der Waals surface area contributed by atoms with E-state index in [4.69, 9.17) is 15.9 Å². The van der Waals surface area contributed by atoms with Gasteiger partial charge in [0.15, 0.2) is 12.2 Å². The molecule has 166 valence electrons. The van der Waals surface area contributed by atoms with E-state index in [0.29, 0.717) is 35.5 Å². The SMILES string of the molecule is N=C(N)c1ccc(NC(=O)[C@H](O)C2OCCN(c3ccc4c(c3)NC(=O)CC4)C2=O)cc1. The molecule has 1 unspecified atom stereocenters. The van der Waals surface area contributed by atoms with Crippen molar-refractivity contribution in [1.82, 2.24) is 0 Å². The number of ether oxygens (including phenoxy) is 1. The summed E-state index contributed by atoms with van der Waals surface area (Å²) >= 11 is 0. The highest BCUT2D eigenvalue weighted by Crippen LogP contribution is 2.29. The van der Waals surface area contributed by atoms with Gasteiger partial charge in [-0.1, -0.05) is 6.07 Å². The molecule has 6 N–H and O–H groups in total. The number of carbonyl (C=O) groups is 3. The fourth-order valence-electron chi connectivity index (χ4n) is 3.70. The molecule has 1 fully saturated rings. The van der Waals surface area contributed by atoms with Crippen LogP contribution in [0.3, 0.4) is 0 Å². The number of amidine groups is 1. The summed E-state index contributed by atoms with van der Waals surface area (Å²) in [6.45, 7) is 0.389. The first kappa shape index (κ1) is 21.5. The number of carbonyl (C=O) groups excluding carboxylic acids is 3. The molecule has 0 spiro atoms. The number of rotatable bonds is 5. The third-order valence-corrected chi connectivity index (χ3v) is 5.44. The summed E-state index contributed by atoms with van der Waals surface area (Å²) in [5.74, 6) is -1.53. The highest BCUT2D eigenvalue weighted by molar-refractivity contribution is 6.04. The molecular formula is C22H23N5O5. The van der Waals surface area contributed by atoms with Gasteiger partial charge in [-0.2, -0.15) is 0 Å². The van der Waals surface area contributed by atoms with Gasteiger partial charge in [-0.3, -0.25) is 19.8 Å². The lowest BCUT2D eigenvalue weighted by Crippen LogP contribution is -2.55. The number of benzene rings is 2. The van der Waals surface area contributed by atoms with E-state index in [9.17, 15) is 19.5 Å².